The van der Waals surface area contributed by atoms with Crippen molar-refractivity contribution in [3.8, 4) is 11.8 Å². The van der Waals surface area contributed by atoms with E-state index < -0.39 is 0 Å². The maximum atomic E-state index is 13.2. The van der Waals surface area contributed by atoms with Gasteiger partial charge in [0.15, 0.2) is 0 Å². The van der Waals surface area contributed by atoms with E-state index >= 15 is 0 Å². The van der Waals surface area contributed by atoms with E-state index in [1.54, 1.807) is 22.8 Å². The van der Waals surface area contributed by atoms with Gasteiger partial charge in [-0.25, -0.2) is 9.37 Å². The molecule has 0 saturated carbocycles. The summed E-state index contributed by atoms with van der Waals surface area (Å²) in [5.74, 6) is 6.51. The first kappa shape index (κ1) is 14.6. The smallest absolute Gasteiger partial charge is 0.261 e. The lowest BCUT2D eigenvalue weighted by molar-refractivity contribution is 0.501. The predicted octanol–water partition coefficient (Wildman–Crippen LogP) is 3.27. The summed E-state index contributed by atoms with van der Waals surface area (Å²) >= 11 is 0. The molecular weight excluding hydrogens is 303 g/mol. The molecule has 3 nitrogen and oxygen atoms in total. The normalized spacial score (nSPS) is 13.2. The molecule has 1 aliphatic rings. The Morgan fingerprint density at radius 2 is 1.88 bits per heavy atom. The first-order chi connectivity index (χ1) is 11.7. The Bertz CT molecular complexity index is 1060. The molecule has 1 aromatic heterocycles. The highest BCUT2D eigenvalue weighted by Crippen LogP contribution is 2.16. The minimum atomic E-state index is -0.304. The molecule has 0 amide bonds. The number of fused-ring (bicyclic) bond motifs is 2. The molecule has 0 saturated heterocycles. The molecule has 118 valence electrons. The maximum absolute atomic E-state index is 13.2. The molecule has 0 unspecified atom stereocenters. The van der Waals surface area contributed by atoms with E-state index in [9.17, 15) is 9.18 Å². The molecule has 24 heavy (non-hydrogen) atoms. The zero-order chi connectivity index (χ0) is 16.5. The van der Waals surface area contributed by atoms with Crippen molar-refractivity contribution >= 4 is 10.9 Å². The van der Waals surface area contributed by atoms with Crippen molar-refractivity contribution in [1.82, 2.24) is 9.55 Å². The van der Waals surface area contributed by atoms with Gasteiger partial charge in [0.1, 0.15) is 11.6 Å². The topological polar surface area (TPSA) is 34.9 Å². The summed E-state index contributed by atoms with van der Waals surface area (Å²) in [6, 6.07) is 11.6. The lowest BCUT2D eigenvalue weighted by Crippen LogP contribution is -2.28. The van der Waals surface area contributed by atoms with Crippen LogP contribution < -0.4 is 5.56 Å². The Morgan fingerprint density at radius 1 is 1.04 bits per heavy atom. The van der Waals surface area contributed by atoms with Crippen molar-refractivity contribution in [3.63, 3.8) is 0 Å². The third kappa shape index (κ3) is 2.69. The average Bonchev–Trinajstić information content (AvgIpc) is 2.60. The van der Waals surface area contributed by atoms with Gasteiger partial charge in [0.05, 0.1) is 10.9 Å². The van der Waals surface area contributed by atoms with Crippen LogP contribution >= 0.6 is 0 Å². The van der Waals surface area contributed by atoms with E-state index in [0.29, 0.717) is 16.5 Å². The van der Waals surface area contributed by atoms with Gasteiger partial charge in [-0.05, 0) is 49.2 Å². The highest BCUT2D eigenvalue weighted by atomic mass is 19.1. The summed E-state index contributed by atoms with van der Waals surface area (Å²) in [5.41, 5.74) is 2.09. The van der Waals surface area contributed by atoms with E-state index in [-0.39, 0.29) is 11.4 Å². The Kier molecular flexibility index (Phi) is 3.62. The van der Waals surface area contributed by atoms with Crippen molar-refractivity contribution in [2.75, 3.05) is 0 Å². The summed E-state index contributed by atoms with van der Waals surface area (Å²) in [5, 5.41) is 0.622. The van der Waals surface area contributed by atoms with Crippen LogP contribution in [0.25, 0.3) is 10.9 Å². The van der Waals surface area contributed by atoms with Crippen LogP contribution in [0.2, 0.25) is 0 Å². The second kappa shape index (κ2) is 5.93. The molecule has 0 bridgehead atoms. The Morgan fingerprint density at radius 3 is 2.71 bits per heavy atom. The molecule has 0 radical (unpaired) electrons. The fourth-order valence-corrected chi connectivity index (χ4v) is 3.03. The third-order valence-electron chi connectivity index (χ3n) is 4.24. The number of halogens is 1. The van der Waals surface area contributed by atoms with Crippen LogP contribution in [-0.2, 0) is 13.0 Å². The van der Waals surface area contributed by atoms with Gasteiger partial charge >= 0.3 is 0 Å². The molecule has 0 fully saturated rings. The van der Waals surface area contributed by atoms with Crippen molar-refractivity contribution in [1.29, 1.82) is 0 Å². The Balaban J connectivity index is 1.78. The molecular formula is C20H15FN2O. The van der Waals surface area contributed by atoms with Crippen molar-refractivity contribution < 1.29 is 4.39 Å². The van der Waals surface area contributed by atoms with Crippen molar-refractivity contribution in [2.45, 2.75) is 25.8 Å². The average molecular weight is 318 g/mol. The zero-order valence-corrected chi connectivity index (χ0v) is 13.1. The number of benzene rings is 2. The van der Waals surface area contributed by atoms with E-state index in [1.165, 1.54) is 12.1 Å². The van der Waals surface area contributed by atoms with Gasteiger partial charge in [-0.3, -0.25) is 9.36 Å². The number of aromatic nitrogens is 2. The van der Waals surface area contributed by atoms with Gasteiger partial charge in [0, 0.05) is 24.1 Å². The molecule has 2 heterocycles. The standard InChI is InChI=1S/C20H15FN2O/c21-16-5-3-4-14(12-16)7-8-15-9-10-17-18(13-15)22-19-6-1-2-11-23(19)20(17)24/h3-5,9-10,12-13H,1-2,6,11H2. The SMILES string of the molecule is O=c1c2ccc(C#Cc3cccc(F)c3)cc2nc2n1CCCC2. The monoisotopic (exact) mass is 318 g/mol. The van der Waals surface area contributed by atoms with Crippen LogP contribution in [0.15, 0.2) is 47.3 Å². The van der Waals surface area contributed by atoms with Crippen LogP contribution in [0.3, 0.4) is 0 Å². The summed E-state index contributed by atoms with van der Waals surface area (Å²) in [6.07, 6.45) is 2.93. The number of aryl methyl sites for hydroxylation is 1. The number of hydrogen-bond donors (Lipinski definition) is 0. The van der Waals surface area contributed by atoms with E-state index in [4.69, 9.17) is 0 Å². The molecule has 0 N–H and O–H groups in total. The molecule has 2 aromatic carbocycles. The van der Waals surface area contributed by atoms with Crippen LogP contribution in [0, 0.1) is 17.7 Å². The largest absolute Gasteiger partial charge is 0.296 e. The molecule has 1 aliphatic heterocycles. The highest BCUT2D eigenvalue weighted by Gasteiger charge is 2.14. The summed E-state index contributed by atoms with van der Waals surface area (Å²) in [6.45, 7) is 0.748. The second-order valence-electron chi connectivity index (χ2n) is 5.93. The van der Waals surface area contributed by atoms with E-state index in [2.05, 4.69) is 16.8 Å². The zero-order valence-electron chi connectivity index (χ0n) is 13.1. The lowest BCUT2D eigenvalue weighted by atomic mass is 10.1. The van der Waals surface area contributed by atoms with Crippen molar-refractivity contribution in [3.05, 3.63) is 75.6 Å². The molecule has 4 rings (SSSR count). The van der Waals surface area contributed by atoms with Gasteiger partial charge in [-0.1, -0.05) is 17.9 Å². The Hall–Kier alpha value is -2.93. The molecule has 0 spiro atoms. The fourth-order valence-electron chi connectivity index (χ4n) is 3.03. The van der Waals surface area contributed by atoms with Crippen LogP contribution in [0.4, 0.5) is 4.39 Å². The minimum Gasteiger partial charge on any atom is -0.296 e. The fraction of sp³-hybridized carbons (Fsp3) is 0.200. The van der Waals surface area contributed by atoms with Gasteiger partial charge < -0.3 is 0 Å². The van der Waals surface area contributed by atoms with E-state index in [1.807, 2.05) is 12.1 Å². The molecule has 4 heteroatoms. The van der Waals surface area contributed by atoms with E-state index in [0.717, 1.165) is 37.2 Å². The number of hydrogen-bond acceptors (Lipinski definition) is 2. The number of nitrogens with zero attached hydrogens (tertiary/aromatic N) is 2. The third-order valence-corrected chi connectivity index (χ3v) is 4.24. The summed E-state index contributed by atoms with van der Waals surface area (Å²) in [7, 11) is 0. The van der Waals surface area contributed by atoms with Crippen LogP contribution in [0.5, 0.6) is 0 Å². The maximum Gasteiger partial charge on any atom is 0.261 e. The lowest BCUT2D eigenvalue weighted by Gasteiger charge is -2.17. The van der Waals surface area contributed by atoms with Gasteiger partial charge in [0.25, 0.3) is 5.56 Å². The molecule has 0 aliphatic carbocycles. The van der Waals surface area contributed by atoms with Crippen molar-refractivity contribution in [2.24, 2.45) is 0 Å². The highest BCUT2D eigenvalue weighted by molar-refractivity contribution is 5.79. The van der Waals surface area contributed by atoms with Gasteiger partial charge in [-0.15, -0.1) is 0 Å². The molecule has 3 aromatic rings. The second-order valence-corrected chi connectivity index (χ2v) is 5.93. The summed E-state index contributed by atoms with van der Waals surface area (Å²) < 4.78 is 15.0. The summed E-state index contributed by atoms with van der Waals surface area (Å²) in [4.78, 5) is 17.2. The first-order valence-corrected chi connectivity index (χ1v) is 8.02. The molecule has 0 atom stereocenters. The van der Waals surface area contributed by atoms with Crippen LogP contribution in [-0.4, -0.2) is 9.55 Å². The van der Waals surface area contributed by atoms with Crippen LogP contribution in [0.1, 0.15) is 29.8 Å². The minimum absolute atomic E-state index is 0.0272. The quantitative estimate of drug-likeness (QED) is 0.596. The Labute approximate surface area is 138 Å². The van der Waals surface area contributed by atoms with Gasteiger partial charge in [0.2, 0.25) is 0 Å². The number of rotatable bonds is 0. The van der Waals surface area contributed by atoms with Gasteiger partial charge in [-0.2, -0.15) is 0 Å². The first-order valence-electron chi connectivity index (χ1n) is 8.02. The predicted molar refractivity (Wildman–Crippen MR) is 91.3 cm³/mol.